The van der Waals surface area contributed by atoms with Crippen molar-refractivity contribution in [2.75, 3.05) is 26.2 Å². The van der Waals surface area contributed by atoms with Crippen LogP contribution in [-0.4, -0.2) is 53.7 Å². The molecule has 1 unspecified atom stereocenters. The number of rotatable bonds is 3. The number of imide groups is 1. The molecule has 8 heteroatoms. The van der Waals surface area contributed by atoms with Crippen molar-refractivity contribution >= 4 is 46.1 Å². The molecule has 1 aromatic carbocycles. The van der Waals surface area contributed by atoms with Crippen LogP contribution >= 0.6 is 28.3 Å². The molecule has 1 fully saturated rings. The zero-order valence-corrected chi connectivity index (χ0v) is 14.7. The Kier molecular flexibility index (Phi) is 5.44. The Bertz CT molecular complexity index is 667. The minimum absolute atomic E-state index is 0. The molecule has 2 N–H and O–H groups in total. The molecule has 2 heterocycles. The Hall–Kier alpha value is -1.44. The number of fused-ring (bicyclic) bond motifs is 1. The van der Waals surface area contributed by atoms with Gasteiger partial charge in [0.15, 0.2) is 0 Å². The third kappa shape index (κ3) is 3.27. The van der Waals surface area contributed by atoms with Crippen LogP contribution in [0.4, 0.5) is 0 Å². The Morgan fingerprint density at radius 1 is 1.26 bits per heavy atom. The second-order valence-corrected chi connectivity index (χ2v) is 6.53. The van der Waals surface area contributed by atoms with E-state index in [-0.39, 0.29) is 24.9 Å². The lowest BCUT2D eigenvalue weighted by atomic mass is 10.1. The van der Waals surface area contributed by atoms with Crippen molar-refractivity contribution in [1.29, 1.82) is 0 Å². The lowest BCUT2D eigenvalue weighted by Crippen LogP contribution is -2.42. The summed E-state index contributed by atoms with van der Waals surface area (Å²) >= 11 is 3.28. The summed E-state index contributed by atoms with van der Waals surface area (Å²) in [6.07, 6.45) is 0.872. The van der Waals surface area contributed by atoms with E-state index in [1.54, 1.807) is 23.1 Å². The normalized spacial score (nSPS) is 19.8. The number of nitrogens with zero attached hydrogens (tertiary/aromatic N) is 2. The van der Waals surface area contributed by atoms with Gasteiger partial charge in [-0.25, -0.2) is 0 Å². The van der Waals surface area contributed by atoms with E-state index in [9.17, 15) is 14.4 Å². The van der Waals surface area contributed by atoms with E-state index < -0.39 is 11.8 Å². The van der Waals surface area contributed by atoms with Crippen molar-refractivity contribution < 1.29 is 14.4 Å². The number of benzene rings is 1. The monoisotopic (exact) mass is 401 g/mol. The van der Waals surface area contributed by atoms with Crippen molar-refractivity contribution in [3.8, 4) is 0 Å². The zero-order chi connectivity index (χ0) is 15.9. The van der Waals surface area contributed by atoms with Gasteiger partial charge in [0.2, 0.25) is 5.91 Å². The molecule has 1 atom stereocenters. The van der Waals surface area contributed by atoms with E-state index in [1.807, 2.05) is 0 Å². The number of hydrogen-bond donors (Lipinski definition) is 1. The van der Waals surface area contributed by atoms with E-state index in [0.717, 1.165) is 15.8 Å². The van der Waals surface area contributed by atoms with Crippen molar-refractivity contribution in [3.63, 3.8) is 0 Å². The minimum Gasteiger partial charge on any atom is -0.341 e. The van der Waals surface area contributed by atoms with E-state index in [1.165, 1.54) is 0 Å². The summed E-state index contributed by atoms with van der Waals surface area (Å²) in [5.41, 5.74) is 6.30. The summed E-state index contributed by atoms with van der Waals surface area (Å²) in [6.45, 7) is 1.57. The molecule has 0 saturated carbocycles. The fourth-order valence-corrected chi connectivity index (χ4v) is 3.25. The molecule has 6 nitrogen and oxygen atoms in total. The third-order valence-electron chi connectivity index (χ3n) is 4.20. The van der Waals surface area contributed by atoms with E-state index in [2.05, 4.69) is 15.9 Å². The molecule has 3 rings (SSSR count). The number of halogens is 2. The van der Waals surface area contributed by atoms with Crippen molar-refractivity contribution in [2.45, 2.75) is 6.42 Å². The molecule has 2 aliphatic rings. The summed E-state index contributed by atoms with van der Waals surface area (Å²) in [4.78, 5) is 39.6. The zero-order valence-electron chi connectivity index (χ0n) is 12.3. The maximum absolute atomic E-state index is 12.3. The quantitative estimate of drug-likeness (QED) is 0.772. The van der Waals surface area contributed by atoms with E-state index in [4.69, 9.17) is 5.73 Å². The summed E-state index contributed by atoms with van der Waals surface area (Å²) in [5, 5.41) is 0. The second-order valence-electron chi connectivity index (χ2n) is 5.62. The Labute approximate surface area is 148 Å². The highest BCUT2D eigenvalue weighted by atomic mass is 79.9. The lowest BCUT2D eigenvalue weighted by Gasteiger charge is -2.20. The maximum atomic E-state index is 12.3. The minimum atomic E-state index is -0.413. The highest BCUT2D eigenvalue weighted by molar-refractivity contribution is 9.10. The summed E-state index contributed by atoms with van der Waals surface area (Å²) in [6, 6.07) is 4.92. The van der Waals surface area contributed by atoms with Crippen LogP contribution in [0.1, 0.15) is 27.1 Å². The van der Waals surface area contributed by atoms with Gasteiger partial charge < -0.3 is 10.6 Å². The number of hydrogen-bond acceptors (Lipinski definition) is 4. The van der Waals surface area contributed by atoms with Crippen LogP contribution in [0, 0.1) is 5.92 Å². The van der Waals surface area contributed by atoms with Gasteiger partial charge in [0.25, 0.3) is 11.8 Å². The van der Waals surface area contributed by atoms with Gasteiger partial charge in [0.1, 0.15) is 6.54 Å². The van der Waals surface area contributed by atoms with Gasteiger partial charge in [-0.2, -0.15) is 0 Å². The predicted molar refractivity (Wildman–Crippen MR) is 90.5 cm³/mol. The molecule has 0 spiro atoms. The molecule has 124 valence electrons. The van der Waals surface area contributed by atoms with Crippen LogP contribution in [0.2, 0.25) is 0 Å². The lowest BCUT2D eigenvalue weighted by molar-refractivity contribution is -0.130. The Morgan fingerprint density at radius 2 is 1.96 bits per heavy atom. The van der Waals surface area contributed by atoms with Gasteiger partial charge >= 0.3 is 0 Å². The molecule has 1 aromatic rings. The Balaban J connectivity index is 0.00000192. The standard InChI is InChI=1S/C15H16BrN3O3.ClH/c16-10-1-2-11-12(5-10)15(22)19(14(11)21)8-13(20)18-4-3-9(6-17)7-18;/h1-2,5,9H,3-4,6-8,17H2;1H. The van der Waals surface area contributed by atoms with Crippen LogP contribution in [-0.2, 0) is 4.79 Å². The average Bonchev–Trinajstić information content (AvgIpc) is 3.07. The molecule has 0 aromatic heterocycles. The van der Waals surface area contributed by atoms with Crippen LogP contribution in [0.15, 0.2) is 22.7 Å². The van der Waals surface area contributed by atoms with Gasteiger partial charge in [-0.15, -0.1) is 12.4 Å². The van der Waals surface area contributed by atoms with Gasteiger partial charge in [-0.3, -0.25) is 19.3 Å². The topological polar surface area (TPSA) is 83.7 Å². The smallest absolute Gasteiger partial charge is 0.262 e. The summed E-state index contributed by atoms with van der Waals surface area (Å²) in [5.74, 6) is -0.716. The van der Waals surface area contributed by atoms with Crippen LogP contribution in [0.25, 0.3) is 0 Å². The highest BCUT2D eigenvalue weighted by Crippen LogP contribution is 2.26. The summed E-state index contributed by atoms with van der Waals surface area (Å²) < 4.78 is 0.728. The molecular weight excluding hydrogens is 386 g/mol. The van der Waals surface area contributed by atoms with Crippen LogP contribution < -0.4 is 5.73 Å². The molecule has 0 aliphatic carbocycles. The third-order valence-corrected chi connectivity index (χ3v) is 4.69. The fraction of sp³-hybridized carbons (Fsp3) is 0.400. The molecular formula is C15H17BrClN3O3. The number of carbonyl (C=O) groups excluding carboxylic acids is 3. The van der Waals surface area contributed by atoms with Gasteiger partial charge in [0.05, 0.1) is 11.1 Å². The van der Waals surface area contributed by atoms with E-state index in [0.29, 0.717) is 36.7 Å². The molecule has 0 bridgehead atoms. The SMILES string of the molecule is Cl.NCC1CCN(C(=O)CN2C(=O)c3ccc(Br)cc3C2=O)C1. The molecule has 3 amide bonds. The van der Waals surface area contributed by atoms with Gasteiger partial charge in [0, 0.05) is 17.6 Å². The second kappa shape index (κ2) is 6.98. The first-order valence-corrected chi connectivity index (χ1v) is 7.94. The number of nitrogens with two attached hydrogens (primary N) is 1. The van der Waals surface area contributed by atoms with Crippen LogP contribution in [0.3, 0.4) is 0 Å². The highest BCUT2D eigenvalue weighted by Gasteiger charge is 2.38. The van der Waals surface area contributed by atoms with Crippen molar-refractivity contribution in [2.24, 2.45) is 11.7 Å². The Morgan fingerprint density at radius 3 is 2.61 bits per heavy atom. The summed E-state index contributed by atoms with van der Waals surface area (Å²) in [7, 11) is 0. The first-order chi connectivity index (χ1) is 10.5. The average molecular weight is 403 g/mol. The molecule has 2 aliphatic heterocycles. The maximum Gasteiger partial charge on any atom is 0.262 e. The first-order valence-electron chi connectivity index (χ1n) is 7.15. The first kappa shape index (κ1) is 17.9. The van der Waals surface area contributed by atoms with E-state index >= 15 is 0 Å². The molecule has 23 heavy (non-hydrogen) atoms. The van der Waals surface area contributed by atoms with Crippen LogP contribution in [0.5, 0.6) is 0 Å². The van der Waals surface area contributed by atoms with Crippen molar-refractivity contribution in [1.82, 2.24) is 9.80 Å². The molecule has 1 saturated heterocycles. The number of amides is 3. The molecule has 0 radical (unpaired) electrons. The number of carbonyl (C=O) groups is 3. The number of likely N-dealkylation sites (tertiary alicyclic amines) is 1. The van der Waals surface area contributed by atoms with Gasteiger partial charge in [-0.05, 0) is 37.1 Å². The van der Waals surface area contributed by atoms with Gasteiger partial charge in [-0.1, -0.05) is 15.9 Å². The largest absolute Gasteiger partial charge is 0.341 e. The van der Waals surface area contributed by atoms with Crippen molar-refractivity contribution in [3.05, 3.63) is 33.8 Å². The predicted octanol–water partition coefficient (Wildman–Crippen LogP) is 1.27. The fourth-order valence-electron chi connectivity index (χ4n) is 2.89.